The molecule has 0 aromatic carbocycles. The topological polar surface area (TPSA) is 57.6 Å². The van der Waals surface area contributed by atoms with Gasteiger partial charge in [0, 0.05) is 11.4 Å². The molecule has 124 valence electrons. The molecule has 1 amide bonds. The minimum absolute atomic E-state index is 0.0476. The molecule has 0 radical (unpaired) electrons. The van der Waals surface area contributed by atoms with Crippen LogP contribution in [0, 0.1) is 11.8 Å². The molecule has 0 spiro atoms. The lowest BCUT2D eigenvalue weighted by Crippen LogP contribution is -2.49. The summed E-state index contributed by atoms with van der Waals surface area (Å²) >= 11 is 1.68. The summed E-state index contributed by atoms with van der Waals surface area (Å²) in [6.07, 6.45) is 9.82. The van der Waals surface area contributed by atoms with E-state index in [1.165, 1.54) is 4.88 Å². The van der Waals surface area contributed by atoms with Crippen LogP contribution >= 0.6 is 11.3 Å². The van der Waals surface area contributed by atoms with E-state index in [1.807, 2.05) is 16.3 Å². The number of carboxylic acids is 1. The highest BCUT2D eigenvalue weighted by Gasteiger charge is 2.44. The van der Waals surface area contributed by atoms with Crippen molar-refractivity contribution in [2.75, 3.05) is 6.54 Å². The highest BCUT2D eigenvalue weighted by molar-refractivity contribution is 7.10. The SMILES string of the molecule is O=C(O)C1CCC1C(=O)N1CCCCCC1/C=C/c1cccs1. The molecule has 2 fully saturated rings. The van der Waals surface area contributed by atoms with Gasteiger partial charge in [0.15, 0.2) is 0 Å². The lowest BCUT2D eigenvalue weighted by molar-refractivity contribution is -0.157. The molecule has 1 aromatic rings. The Morgan fingerprint density at radius 1 is 1.17 bits per heavy atom. The Kier molecular flexibility index (Phi) is 5.16. The molecule has 1 saturated carbocycles. The zero-order valence-electron chi connectivity index (χ0n) is 13.2. The third-order valence-corrected chi connectivity index (χ3v) is 5.85. The van der Waals surface area contributed by atoms with Gasteiger partial charge in [-0.2, -0.15) is 0 Å². The molecule has 1 aliphatic heterocycles. The number of likely N-dealkylation sites (tertiary alicyclic amines) is 1. The van der Waals surface area contributed by atoms with Gasteiger partial charge in [0.25, 0.3) is 0 Å². The summed E-state index contributed by atoms with van der Waals surface area (Å²) < 4.78 is 0. The van der Waals surface area contributed by atoms with Gasteiger partial charge in [0.2, 0.25) is 5.91 Å². The maximum absolute atomic E-state index is 12.9. The van der Waals surface area contributed by atoms with Gasteiger partial charge >= 0.3 is 5.97 Å². The Labute approximate surface area is 140 Å². The van der Waals surface area contributed by atoms with Gasteiger partial charge < -0.3 is 10.0 Å². The molecule has 1 aliphatic carbocycles. The zero-order valence-corrected chi connectivity index (χ0v) is 14.0. The number of hydrogen-bond acceptors (Lipinski definition) is 3. The van der Waals surface area contributed by atoms with Crippen molar-refractivity contribution in [2.45, 2.75) is 44.6 Å². The van der Waals surface area contributed by atoms with Crippen molar-refractivity contribution in [1.29, 1.82) is 0 Å². The van der Waals surface area contributed by atoms with Crippen LogP contribution in [-0.4, -0.2) is 34.5 Å². The van der Waals surface area contributed by atoms with Crippen LogP contribution in [0.1, 0.15) is 43.4 Å². The van der Waals surface area contributed by atoms with E-state index in [0.29, 0.717) is 12.8 Å². The second kappa shape index (κ2) is 7.30. The highest BCUT2D eigenvalue weighted by Crippen LogP contribution is 2.37. The highest BCUT2D eigenvalue weighted by atomic mass is 32.1. The average molecular weight is 333 g/mol. The fourth-order valence-corrected chi connectivity index (χ4v) is 4.13. The first-order valence-corrected chi connectivity index (χ1v) is 9.30. The van der Waals surface area contributed by atoms with E-state index in [0.717, 1.165) is 32.2 Å². The van der Waals surface area contributed by atoms with Gasteiger partial charge in [-0.15, -0.1) is 11.3 Å². The molecule has 2 heterocycles. The van der Waals surface area contributed by atoms with Crippen molar-refractivity contribution < 1.29 is 14.7 Å². The van der Waals surface area contributed by atoms with E-state index in [2.05, 4.69) is 18.2 Å². The first-order valence-electron chi connectivity index (χ1n) is 8.42. The van der Waals surface area contributed by atoms with Gasteiger partial charge in [-0.05, 0) is 43.2 Å². The van der Waals surface area contributed by atoms with Crippen LogP contribution in [0.3, 0.4) is 0 Å². The minimum Gasteiger partial charge on any atom is -0.481 e. The molecule has 3 rings (SSSR count). The predicted molar refractivity (Wildman–Crippen MR) is 91.2 cm³/mol. The summed E-state index contributed by atoms with van der Waals surface area (Å²) in [5, 5.41) is 11.3. The van der Waals surface area contributed by atoms with Crippen LogP contribution in [0.4, 0.5) is 0 Å². The molecule has 1 saturated heterocycles. The summed E-state index contributed by atoms with van der Waals surface area (Å²) in [6, 6.07) is 4.19. The van der Waals surface area contributed by atoms with Crippen LogP contribution in [0.5, 0.6) is 0 Å². The molecule has 0 bridgehead atoms. The average Bonchev–Trinajstić information content (AvgIpc) is 2.87. The van der Waals surface area contributed by atoms with Gasteiger partial charge in [0.1, 0.15) is 0 Å². The fourth-order valence-electron chi connectivity index (χ4n) is 3.50. The second-order valence-corrected chi connectivity index (χ2v) is 7.43. The zero-order chi connectivity index (χ0) is 16.2. The normalized spacial score (nSPS) is 28.3. The molecule has 23 heavy (non-hydrogen) atoms. The lowest BCUT2D eigenvalue weighted by atomic mass is 9.72. The van der Waals surface area contributed by atoms with E-state index in [9.17, 15) is 14.7 Å². The van der Waals surface area contributed by atoms with E-state index >= 15 is 0 Å². The quantitative estimate of drug-likeness (QED) is 0.915. The third kappa shape index (κ3) is 3.66. The number of rotatable bonds is 4. The van der Waals surface area contributed by atoms with Gasteiger partial charge in [-0.25, -0.2) is 0 Å². The molecular formula is C18H23NO3S. The Morgan fingerprint density at radius 3 is 2.65 bits per heavy atom. The van der Waals surface area contributed by atoms with Gasteiger partial charge in [-0.3, -0.25) is 9.59 Å². The number of carbonyl (C=O) groups is 2. The number of thiophene rings is 1. The standard InChI is InChI=1S/C18H23NO3S/c20-17(15-9-10-16(15)18(21)22)19-11-3-1-2-5-13(19)7-8-14-6-4-12-23-14/h4,6-8,12-13,15-16H,1-3,5,9-11H2,(H,21,22)/b8-7+. The van der Waals surface area contributed by atoms with Crippen LogP contribution in [0.2, 0.25) is 0 Å². The van der Waals surface area contributed by atoms with Crippen molar-refractivity contribution in [2.24, 2.45) is 11.8 Å². The summed E-state index contributed by atoms with van der Waals surface area (Å²) in [5.74, 6) is -1.57. The summed E-state index contributed by atoms with van der Waals surface area (Å²) in [5.41, 5.74) is 0. The first kappa shape index (κ1) is 16.2. The maximum Gasteiger partial charge on any atom is 0.307 e. The number of hydrogen-bond donors (Lipinski definition) is 1. The smallest absolute Gasteiger partial charge is 0.307 e. The number of aliphatic carboxylic acids is 1. The Bertz CT molecular complexity index is 581. The Balaban J connectivity index is 1.73. The number of carbonyl (C=O) groups excluding carboxylic acids is 1. The molecular weight excluding hydrogens is 310 g/mol. The van der Waals surface area contributed by atoms with Crippen LogP contribution < -0.4 is 0 Å². The summed E-state index contributed by atoms with van der Waals surface area (Å²) in [7, 11) is 0. The predicted octanol–water partition coefficient (Wildman–Crippen LogP) is 3.64. The monoisotopic (exact) mass is 333 g/mol. The largest absolute Gasteiger partial charge is 0.481 e. The first-order chi connectivity index (χ1) is 11.2. The van der Waals surface area contributed by atoms with Crippen LogP contribution in [0.25, 0.3) is 6.08 Å². The van der Waals surface area contributed by atoms with E-state index in [1.54, 1.807) is 11.3 Å². The van der Waals surface area contributed by atoms with E-state index in [-0.39, 0.29) is 17.9 Å². The van der Waals surface area contributed by atoms with Crippen molar-refractivity contribution in [3.63, 3.8) is 0 Å². The van der Waals surface area contributed by atoms with Crippen molar-refractivity contribution in [1.82, 2.24) is 4.90 Å². The Morgan fingerprint density at radius 2 is 2.00 bits per heavy atom. The fraction of sp³-hybridized carbons (Fsp3) is 0.556. The molecule has 5 heteroatoms. The van der Waals surface area contributed by atoms with Crippen molar-refractivity contribution >= 4 is 29.3 Å². The third-order valence-electron chi connectivity index (χ3n) is 5.02. The van der Waals surface area contributed by atoms with Crippen LogP contribution in [0.15, 0.2) is 23.6 Å². The second-order valence-electron chi connectivity index (χ2n) is 6.45. The van der Waals surface area contributed by atoms with E-state index < -0.39 is 11.9 Å². The number of carboxylic acid groups (broad SMARTS) is 1. The molecule has 1 aromatic heterocycles. The summed E-state index contributed by atoms with van der Waals surface area (Å²) in [4.78, 5) is 27.2. The summed E-state index contributed by atoms with van der Waals surface area (Å²) in [6.45, 7) is 0.751. The number of nitrogens with zero attached hydrogens (tertiary/aromatic N) is 1. The Hall–Kier alpha value is -1.62. The number of amides is 1. The lowest BCUT2D eigenvalue weighted by Gasteiger charge is -2.38. The molecule has 4 nitrogen and oxygen atoms in total. The molecule has 3 unspecified atom stereocenters. The van der Waals surface area contributed by atoms with Gasteiger partial charge in [-0.1, -0.05) is 25.0 Å². The maximum atomic E-state index is 12.9. The van der Waals surface area contributed by atoms with Crippen LogP contribution in [-0.2, 0) is 9.59 Å². The van der Waals surface area contributed by atoms with Crippen molar-refractivity contribution in [3.8, 4) is 0 Å². The molecule has 2 aliphatic rings. The van der Waals surface area contributed by atoms with Crippen molar-refractivity contribution in [3.05, 3.63) is 28.5 Å². The van der Waals surface area contributed by atoms with E-state index in [4.69, 9.17) is 0 Å². The minimum atomic E-state index is -0.824. The molecule has 3 atom stereocenters. The van der Waals surface area contributed by atoms with Gasteiger partial charge in [0.05, 0.1) is 17.9 Å². The molecule has 1 N–H and O–H groups in total.